The molecule has 1 aliphatic rings. The van der Waals surface area contributed by atoms with E-state index in [1.54, 1.807) is 11.3 Å². The average Bonchev–Trinajstić information content (AvgIpc) is 3.63. The van der Waals surface area contributed by atoms with Gasteiger partial charge in [0.25, 0.3) is 0 Å². The summed E-state index contributed by atoms with van der Waals surface area (Å²) in [6.45, 7) is 3.55. The quantitative estimate of drug-likeness (QED) is 0.248. The second-order valence-corrected chi connectivity index (χ2v) is 9.87. The number of thiophene rings is 1. The highest BCUT2D eigenvalue weighted by molar-refractivity contribution is 7.18. The molecule has 3 heterocycles. The first-order valence-corrected chi connectivity index (χ1v) is 13.0. The molecule has 2 aromatic carbocycles. The highest BCUT2D eigenvalue weighted by Gasteiger charge is 2.38. The third kappa shape index (κ3) is 7.20. The Kier molecular flexibility index (Phi) is 8.80. The number of nitrogens with zero attached hydrogens (tertiary/aromatic N) is 2. The number of rotatable bonds is 8. The number of hydrogen-bond acceptors (Lipinski definition) is 5. The van der Waals surface area contributed by atoms with Gasteiger partial charge in [-0.3, -0.25) is 4.79 Å². The van der Waals surface area contributed by atoms with E-state index in [1.807, 2.05) is 23.1 Å². The SMILES string of the molecule is O=C(O)C(F)(F)F.O=C1CCCN1CCCNCc1cccc(-c2ccc(-c3nc4ccccc4[nH]3)s2)c1. The first-order valence-electron chi connectivity index (χ1n) is 12.1. The second kappa shape index (κ2) is 12.2. The molecule has 0 spiro atoms. The molecule has 3 N–H and O–H groups in total. The zero-order valence-electron chi connectivity index (χ0n) is 20.4. The number of carboxylic acids is 1. The maximum atomic E-state index is 11.7. The van der Waals surface area contributed by atoms with Crippen LogP contribution < -0.4 is 5.32 Å². The molecule has 1 aliphatic heterocycles. The second-order valence-electron chi connectivity index (χ2n) is 8.78. The summed E-state index contributed by atoms with van der Waals surface area (Å²) in [6.07, 6.45) is -2.35. The van der Waals surface area contributed by atoms with Crippen molar-refractivity contribution in [2.45, 2.75) is 32.0 Å². The zero-order chi connectivity index (χ0) is 27.1. The summed E-state index contributed by atoms with van der Waals surface area (Å²) in [5.74, 6) is -1.52. The van der Waals surface area contributed by atoms with E-state index in [0.717, 1.165) is 67.2 Å². The molecule has 5 rings (SSSR count). The summed E-state index contributed by atoms with van der Waals surface area (Å²) in [4.78, 5) is 33.1. The van der Waals surface area contributed by atoms with E-state index in [-0.39, 0.29) is 0 Å². The number of carbonyl (C=O) groups is 2. The number of alkyl halides is 3. The van der Waals surface area contributed by atoms with E-state index in [0.29, 0.717) is 5.91 Å². The highest BCUT2D eigenvalue weighted by Crippen LogP contribution is 2.34. The van der Waals surface area contributed by atoms with E-state index in [1.165, 1.54) is 16.0 Å². The lowest BCUT2D eigenvalue weighted by atomic mass is 10.1. The molecule has 0 aliphatic carbocycles. The van der Waals surface area contributed by atoms with E-state index < -0.39 is 12.1 Å². The average molecular weight is 545 g/mol. The van der Waals surface area contributed by atoms with Gasteiger partial charge in [0.2, 0.25) is 5.91 Å². The van der Waals surface area contributed by atoms with Gasteiger partial charge in [-0.15, -0.1) is 11.3 Å². The summed E-state index contributed by atoms with van der Waals surface area (Å²) >= 11 is 1.76. The number of H-pyrrole nitrogens is 1. The molecular formula is C27H27F3N4O3S. The lowest BCUT2D eigenvalue weighted by molar-refractivity contribution is -0.192. The normalized spacial score (nSPS) is 13.6. The Morgan fingerprint density at radius 1 is 1.11 bits per heavy atom. The van der Waals surface area contributed by atoms with Crippen LogP contribution in [0.5, 0.6) is 0 Å². The zero-order valence-corrected chi connectivity index (χ0v) is 21.2. The minimum absolute atomic E-state index is 0.311. The van der Waals surface area contributed by atoms with Crippen LogP contribution in [0.4, 0.5) is 13.2 Å². The first-order chi connectivity index (χ1) is 18.2. The van der Waals surface area contributed by atoms with Crippen molar-refractivity contribution < 1.29 is 27.9 Å². The van der Waals surface area contributed by atoms with E-state index >= 15 is 0 Å². The Labute approximate surface area is 221 Å². The number of fused-ring (bicyclic) bond motifs is 1. The van der Waals surface area contributed by atoms with Crippen LogP contribution in [-0.2, 0) is 16.1 Å². The van der Waals surface area contributed by atoms with Gasteiger partial charge in [0.05, 0.1) is 15.9 Å². The number of aromatic amines is 1. The van der Waals surface area contributed by atoms with Crippen molar-refractivity contribution in [1.29, 1.82) is 0 Å². The monoisotopic (exact) mass is 544 g/mol. The van der Waals surface area contributed by atoms with Crippen molar-refractivity contribution in [2.24, 2.45) is 0 Å². The largest absolute Gasteiger partial charge is 0.490 e. The Hall–Kier alpha value is -3.70. The summed E-state index contributed by atoms with van der Waals surface area (Å²) < 4.78 is 31.7. The third-order valence-corrected chi connectivity index (χ3v) is 7.11. The number of imidazole rings is 1. The van der Waals surface area contributed by atoms with Gasteiger partial charge in [0, 0.05) is 30.9 Å². The number of para-hydroxylation sites is 2. The molecule has 0 saturated carbocycles. The molecule has 1 fully saturated rings. The Balaban J connectivity index is 0.000000426. The number of likely N-dealkylation sites (tertiary alicyclic amines) is 1. The van der Waals surface area contributed by atoms with Crippen LogP contribution in [-0.4, -0.2) is 57.7 Å². The van der Waals surface area contributed by atoms with Gasteiger partial charge < -0.3 is 20.3 Å². The number of aliphatic carboxylic acids is 1. The fourth-order valence-electron chi connectivity index (χ4n) is 4.09. The van der Waals surface area contributed by atoms with Gasteiger partial charge in [0.1, 0.15) is 5.82 Å². The van der Waals surface area contributed by atoms with Crippen LogP contribution >= 0.6 is 11.3 Å². The molecule has 1 saturated heterocycles. The summed E-state index contributed by atoms with van der Waals surface area (Å²) in [5, 5.41) is 10.6. The van der Waals surface area contributed by atoms with Crippen LogP contribution in [0, 0.1) is 0 Å². The number of amides is 1. The van der Waals surface area contributed by atoms with Crippen molar-refractivity contribution in [2.75, 3.05) is 19.6 Å². The number of nitrogens with one attached hydrogen (secondary N) is 2. The minimum atomic E-state index is -5.08. The molecule has 2 aromatic heterocycles. The Morgan fingerprint density at radius 3 is 2.58 bits per heavy atom. The van der Waals surface area contributed by atoms with Crippen molar-refractivity contribution in [3.63, 3.8) is 0 Å². The summed E-state index contributed by atoms with van der Waals surface area (Å²) in [5.41, 5.74) is 4.56. The van der Waals surface area contributed by atoms with E-state index in [2.05, 4.69) is 52.8 Å². The maximum absolute atomic E-state index is 11.7. The maximum Gasteiger partial charge on any atom is 0.490 e. The molecule has 0 unspecified atom stereocenters. The summed E-state index contributed by atoms with van der Waals surface area (Å²) in [6, 6.07) is 21.1. The molecule has 0 bridgehead atoms. The lowest BCUT2D eigenvalue weighted by Gasteiger charge is -2.15. The highest BCUT2D eigenvalue weighted by atomic mass is 32.1. The van der Waals surface area contributed by atoms with Gasteiger partial charge in [-0.05, 0) is 60.8 Å². The van der Waals surface area contributed by atoms with E-state index in [4.69, 9.17) is 14.9 Å². The fraction of sp³-hybridized carbons (Fsp3) is 0.296. The Morgan fingerprint density at radius 2 is 1.87 bits per heavy atom. The molecule has 200 valence electrons. The predicted molar refractivity (Wildman–Crippen MR) is 141 cm³/mol. The molecule has 0 radical (unpaired) electrons. The molecule has 38 heavy (non-hydrogen) atoms. The van der Waals surface area contributed by atoms with Gasteiger partial charge in [0.15, 0.2) is 0 Å². The molecule has 4 aromatic rings. The molecule has 0 atom stereocenters. The van der Waals surface area contributed by atoms with Crippen molar-refractivity contribution >= 4 is 34.2 Å². The van der Waals surface area contributed by atoms with Gasteiger partial charge in [-0.1, -0.05) is 30.3 Å². The summed E-state index contributed by atoms with van der Waals surface area (Å²) in [7, 11) is 0. The standard InChI is InChI=1S/C25H26N4OS.C2HF3O2/c30-24-10-4-14-29(24)15-5-13-26-17-18-6-3-7-19(16-18)22-11-12-23(31-22)25-27-20-8-1-2-9-21(20)28-25;3-2(4,5)1(6)7/h1-3,6-9,11-12,16,26H,4-5,10,13-15,17H2,(H,27,28);(H,6,7). The predicted octanol–water partition coefficient (Wildman–Crippen LogP) is 5.69. The Bertz CT molecular complexity index is 1370. The molecular weight excluding hydrogens is 517 g/mol. The minimum Gasteiger partial charge on any atom is -0.475 e. The van der Waals surface area contributed by atoms with Crippen LogP contribution in [0.15, 0.2) is 60.7 Å². The van der Waals surface area contributed by atoms with Gasteiger partial charge >= 0.3 is 12.1 Å². The van der Waals surface area contributed by atoms with Crippen LogP contribution in [0.2, 0.25) is 0 Å². The smallest absolute Gasteiger partial charge is 0.475 e. The molecule has 7 nitrogen and oxygen atoms in total. The topological polar surface area (TPSA) is 98.3 Å². The number of carbonyl (C=O) groups excluding carboxylic acids is 1. The van der Waals surface area contributed by atoms with Crippen LogP contribution in [0.3, 0.4) is 0 Å². The van der Waals surface area contributed by atoms with Crippen LogP contribution in [0.25, 0.3) is 32.2 Å². The fourth-order valence-corrected chi connectivity index (χ4v) is 5.04. The number of hydrogen-bond donors (Lipinski definition) is 3. The third-order valence-electron chi connectivity index (χ3n) is 5.96. The number of aromatic nitrogens is 2. The number of benzene rings is 2. The number of carboxylic acid groups (broad SMARTS) is 1. The molecule has 11 heteroatoms. The van der Waals surface area contributed by atoms with Gasteiger partial charge in [-0.25, -0.2) is 9.78 Å². The number of halogens is 3. The first kappa shape index (κ1) is 27.3. The van der Waals surface area contributed by atoms with Crippen molar-refractivity contribution in [3.05, 3.63) is 66.2 Å². The van der Waals surface area contributed by atoms with Crippen LogP contribution in [0.1, 0.15) is 24.8 Å². The van der Waals surface area contributed by atoms with Gasteiger partial charge in [-0.2, -0.15) is 13.2 Å². The van der Waals surface area contributed by atoms with Crippen molar-refractivity contribution in [3.8, 4) is 21.1 Å². The van der Waals surface area contributed by atoms with Crippen molar-refractivity contribution in [1.82, 2.24) is 20.2 Å². The molecule has 1 amide bonds. The van der Waals surface area contributed by atoms with E-state index in [9.17, 15) is 18.0 Å². The lowest BCUT2D eigenvalue weighted by Crippen LogP contribution is -2.28.